The summed E-state index contributed by atoms with van der Waals surface area (Å²) < 4.78 is 6.76. The molecule has 0 unspecified atom stereocenters. The Morgan fingerprint density at radius 3 is 2.53 bits per heavy atom. The van der Waals surface area contributed by atoms with E-state index < -0.39 is 5.91 Å². The van der Waals surface area contributed by atoms with Crippen molar-refractivity contribution in [2.24, 2.45) is 0 Å². The SMILES string of the molecule is O=C(Nc1cnc(-c2cccc(O)c2)nc1)c1ccc(=O)n(CCOc2ccccc2)n1. The van der Waals surface area contributed by atoms with Crippen LogP contribution in [0.25, 0.3) is 11.4 Å². The number of ether oxygens (including phenoxy) is 1. The molecule has 32 heavy (non-hydrogen) atoms. The number of para-hydroxylation sites is 1. The number of hydrogen-bond acceptors (Lipinski definition) is 7. The number of nitrogens with zero attached hydrogens (tertiary/aromatic N) is 4. The van der Waals surface area contributed by atoms with Gasteiger partial charge in [-0.1, -0.05) is 30.3 Å². The lowest BCUT2D eigenvalue weighted by Gasteiger charge is -2.09. The van der Waals surface area contributed by atoms with Gasteiger partial charge in [0.25, 0.3) is 11.5 Å². The minimum atomic E-state index is -0.503. The molecule has 0 saturated heterocycles. The lowest BCUT2D eigenvalue weighted by Crippen LogP contribution is -2.28. The van der Waals surface area contributed by atoms with E-state index in [4.69, 9.17) is 4.74 Å². The third-order valence-corrected chi connectivity index (χ3v) is 4.43. The zero-order chi connectivity index (χ0) is 22.3. The van der Waals surface area contributed by atoms with Gasteiger partial charge >= 0.3 is 0 Å². The molecule has 0 aliphatic carbocycles. The maximum atomic E-state index is 12.6. The molecular weight excluding hydrogens is 410 g/mol. The van der Waals surface area contributed by atoms with Crippen molar-refractivity contribution < 1.29 is 14.6 Å². The summed E-state index contributed by atoms with van der Waals surface area (Å²) in [7, 11) is 0. The smallest absolute Gasteiger partial charge is 0.276 e. The van der Waals surface area contributed by atoms with Crippen LogP contribution in [0.5, 0.6) is 11.5 Å². The van der Waals surface area contributed by atoms with Crippen LogP contribution in [0.15, 0.2) is 83.9 Å². The van der Waals surface area contributed by atoms with E-state index in [0.29, 0.717) is 22.8 Å². The highest BCUT2D eigenvalue weighted by Crippen LogP contribution is 2.20. The normalized spacial score (nSPS) is 10.5. The summed E-state index contributed by atoms with van der Waals surface area (Å²) in [6.07, 6.45) is 2.90. The van der Waals surface area contributed by atoms with Crippen LogP contribution in [0.1, 0.15) is 10.5 Å². The maximum Gasteiger partial charge on any atom is 0.276 e. The number of carbonyl (C=O) groups is 1. The van der Waals surface area contributed by atoms with Gasteiger partial charge in [-0.3, -0.25) is 9.59 Å². The van der Waals surface area contributed by atoms with E-state index in [2.05, 4.69) is 20.4 Å². The topological polar surface area (TPSA) is 119 Å². The Labute approximate surface area is 183 Å². The van der Waals surface area contributed by atoms with E-state index in [1.165, 1.54) is 29.2 Å². The summed E-state index contributed by atoms with van der Waals surface area (Å²) in [6.45, 7) is 0.420. The number of phenolic OH excluding ortho intramolecular Hbond substituents is 1. The van der Waals surface area contributed by atoms with Crippen molar-refractivity contribution >= 4 is 11.6 Å². The van der Waals surface area contributed by atoms with Gasteiger partial charge in [-0.05, 0) is 30.3 Å². The van der Waals surface area contributed by atoms with Crippen LogP contribution in [0, 0.1) is 0 Å². The van der Waals surface area contributed by atoms with E-state index in [1.54, 1.807) is 24.3 Å². The van der Waals surface area contributed by atoms with E-state index in [0.717, 1.165) is 0 Å². The summed E-state index contributed by atoms with van der Waals surface area (Å²) in [6, 6.07) is 18.4. The molecule has 2 N–H and O–H groups in total. The highest BCUT2D eigenvalue weighted by Gasteiger charge is 2.11. The number of carbonyl (C=O) groups excluding carboxylic acids is 1. The molecule has 0 fully saturated rings. The minimum absolute atomic E-state index is 0.0707. The minimum Gasteiger partial charge on any atom is -0.508 e. The molecule has 0 saturated carbocycles. The van der Waals surface area contributed by atoms with E-state index in [1.807, 2.05) is 30.3 Å². The summed E-state index contributed by atoms with van der Waals surface area (Å²) in [5.74, 6) is 0.697. The Bertz CT molecular complexity index is 1270. The molecule has 0 atom stereocenters. The Kier molecular flexibility index (Phi) is 6.17. The van der Waals surface area contributed by atoms with Crippen LogP contribution in [0.3, 0.4) is 0 Å². The molecule has 0 bridgehead atoms. The Morgan fingerprint density at radius 1 is 1.00 bits per heavy atom. The molecule has 0 spiro atoms. The molecule has 9 nitrogen and oxygen atoms in total. The number of aromatic hydroxyl groups is 1. The lowest BCUT2D eigenvalue weighted by molar-refractivity contribution is 0.101. The first-order valence-corrected chi connectivity index (χ1v) is 9.77. The largest absolute Gasteiger partial charge is 0.508 e. The Hall–Kier alpha value is -4.53. The van der Waals surface area contributed by atoms with Gasteiger partial charge in [0, 0.05) is 11.6 Å². The second-order valence-corrected chi connectivity index (χ2v) is 6.74. The number of aromatic nitrogens is 4. The average Bonchev–Trinajstić information content (AvgIpc) is 2.81. The van der Waals surface area contributed by atoms with Crippen LogP contribution in [-0.2, 0) is 6.54 Å². The first-order chi connectivity index (χ1) is 15.6. The summed E-state index contributed by atoms with van der Waals surface area (Å²) in [5.41, 5.74) is 0.749. The highest BCUT2D eigenvalue weighted by atomic mass is 16.5. The zero-order valence-corrected chi connectivity index (χ0v) is 16.9. The van der Waals surface area contributed by atoms with Crippen molar-refractivity contribution in [2.45, 2.75) is 6.54 Å². The molecule has 4 aromatic rings. The van der Waals surface area contributed by atoms with Crippen LogP contribution >= 0.6 is 0 Å². The number of rotatable bonds is 7. The van der Waals surface area contributed by atoms with Crippen molar-refractivity contribution in [2.75, 3.05) is 11.9 Å². The molecule has 9 heteroatoms. The van der Waals surface area contributed by atoms with Gasteiger partial charge in [0.15, 0.2) is 5.82 Å². The van der Waals surface area contributed by atoms with Gasteiger partial charge in [-0.2, -0.15) is 5.10 Å². The molecule has 2 heterocycles. The number of hydrogen-bond donors (Lipinski definition) is 2. The van der Waals surface area contributed by atoms with E-state index in [9.17, 15) is 14.7 Å². The first kappa shape index (κ1) is 20.7. The number of anilines is 1. The average molecular weight is 429 g/mol. The fourth-order valence-electron chi connectivity index (χ4n) is 2.88. The first-order valence-electron chi connectivity index (χ1n) is 9.77. The van der Waals surface area contributed by atoms with Crippen LogP contribution in [0.2, 0.25) is 0 Å². The molecule has 1 amide bonds. The second-order valence-electron chi connectivity index (χ2n) is 6.74. The Balaban J connectivity index is 1.40. The van der Waals surface area contributed by atoms with Crippen LogP contribution in [0.4, 0.5) is 5.69 Å². The molecule has 2 aromatic carbocycles. The molecule has 0 aliphatic heterocycles. The zero-order valence-electron chi connectivity index (χ0n) is 16.9. The van der Waals surface area contributed by atoms with Gasteiger partial charge < -0.3 is 15.2 Å². The Morgan fingerprint density at radius 2 is 1.78 bits per heavy atom. The summed E-state index contributed by atoms with van der Waals surface area (Å²) >= 11 is 0. The molecule has 4 rings (SSSR count). The number of nitrogens with one attached hydrogen (secondary N) is 1. The third-order valence-electron chi connectivity index (χ3n) is 4.43. The quantitative estimate of drug-likeness (QED) is 0.464. The third kappa shape index (κ3) is 5.14. The van der Waals surface area contributed by atoms with Gasteiger partial charge in [0.1, 0.15) is 23.8 Å². The van der Waals surface area contributed by atoms with Crippen molar-refractivity contribution in [3.63, 3.8) is 0 Å². The molecule has 2 aromatic heterocycles. The second kappa shape index (κ2) is 9.52. The van der Waals surface area contributed by atoms with Crippen molar-refractivity contribution in [3.05, 3.63) is 95.2 Å². The maximum absolute atomic E-state index is 12.6. The predicted octanol–water partition coefficient (Wildman–Crippen LogP) is 2.74. The van der Waals surface area contributed by atoms with Crippen LogP contribution in [-0.4, -0.2) is 37.4 Å². The molecule has 0 aliphatic rings. The summed E-state index contributed by atoms with van der Waals surface area (Å²) in [4.78, 5) is 33.0. The fraction of sp³-hybridized carbons (Fsp3) is 0.0870. The lowest BCUT2D eigenvalue weighted by atomic mass is 10.2. The van der Waals surface area contributed by atoms with E-state index >= 15 is 0 Å². The molecule has 160 valence electrons. The fourth-order valence-corrected chi connectivity index (χ4v) is 2.88. The standard InChI is InChI=1S/C23H19N5O4/c29-18-6-4-5-16(13-18)22-24-14-17(15-25-22)26-23(31)20-9-10-21(30)28(27-20)11-12-32-19-7-2-1-3-8-19/h1-10,13-15,29H,11-12H2,(H,26,31). The predicted molar refractivity (Wildman–Crippen MR) is 118 cm³/mol. The summed E-state index contributed by atoms with van der Waals surface area (Å²) in [5, 5.41) is 16.3. The van der Waals surface area contributed by atoms with Gasteiger partial charge in [0.2, 0.25) is 0 Å². The van der Waals surface area contributed by atoms with Gasteiger partial charge in [-0.15, -0.1) is 0 Å². The number of phenols is 1. The van der Waals surface area contributed by atoms with Crippen molar-refractivity contribution in [3.8, 4) is 22.9 Å². The van der Waals surface area contributed by atoms with Gasteiger partial charge in [-0.25, -0.2) is 14.6 Å². The molecular formula is C23H19N5O4. The highest BCUT2D eigenvalue weighted by molar-refractivity contribution is 6.02. The van der Waals surface area contributed by atoms with Gasteiger partial charge in [0.05, 0.1) is 24.6 Å². The number of amides is 1. The van der Waals surface area contributed by atoms with Crippen molar-refractivity contribution in [1.29, 1.82) is 0 Å². The number of benzene rings is 2. The molecule has 0 radical (unpaired) electrons. The van der Waals surface area contributed by atoms with Crippen LogP contribution < -0.4 is 15.6 Å². The van der Waals surface area contributed by atoms with Crippen molar-refractivity contribution in [1.82, 2.24) is 19.7 Å². The van der Waals surface area contributed by atoms with E-state index in [-0.39, 0.29) is 30.2 Å². The monoisotopic (exact) mass is 429 g/mol.